The van der Waals surface area contributed by atoms with E-state index in [1.54, 1.807) is 26.1 Å². The monoisotopic (exact) mass is 260 g/mol. The van der Waals surface area contributed by atoms with E-state index in [-0.39, 0.29) is 11.4 Å². The molecule has 0 fully saturated rings. The van der Waals surface area contributed by atoms with Crippen LogP contribution in [0.1, 0.15) is 16.1 Å². The van der Waals surface area contributed by atoms with Gasteiger partial charge >= 0.3 is 0 Å². The van der Waals surface area contributed by atoms with Crippen LogP contribution in [0.25, 0.3) is 0 Å². The minimum absolute atomic E-state index is 0.120. The second-order valence-electron chi connectivity index (χ2n) is 3.99. The molecule has 0 saturated carbocycles. The first kappa shape index (κ1) is 12.9. The predicted molar refractivity (Wildman–Crippen MR) is 70.7 cm³/mol. The summed E-state index contributed by atoms with van der Waals surface area (Å²) in [6.07, 6.45) is 0. The molecular formula is C13H13FN4O. The Morgan fingerprint density at radius 2 is 2.00 bits per heavy atom. The maximum Gasteiger partial charge on any atom is 0.276 e. The van der Waals surface area contributed by atoms with Gasteiger partial charge in [-0.2, -0.15) is 0 Å². The number of carbonyl (C=O) groups excluding carboxylic acids is 1. The van der Waals surface area contributed by atoms with Crippen LogP contribution in [0.4, 0.5) is 15.9 Å². The molecule has 0 atom stereocenters. The highest BCUT2D eigenvalue weighted by molar-refractivity contribution is 6.02. The van der Waals surface area contributed by atoms with Gasteiger partial charge in [-0.25, -0.2) is 4.39 Å². The number of aryl methyl sites for hydroxylation is 1. The van der Waals surface area contributed by atoms with Crippen molar-refractivity contribution in [3.63, 3.8) is 0 Å². The molecule has 0 aliphatic carbocycles. The van der Waals surface area contributed by atoms with Crippen LogP contribution in [-0.2, 0) is 0 Å². The smallest absolute Gasteiger partial charge is 0.276 e. The molecule has 98 valence electrons. The Balaban J connectivity index is 2.15. The van der Waals surface area contributed by atoms with E-state index in [2.05, 4.69) is 20.8 Å². The van der Waals surface area contributed by atoms with Gasteiger partial charge in [-0.3, -0.25) is 4.79 Å². The number of carbonyl (C=O) groups is 1. The average molecular weight is 260 g/mol. The van der Waals surface area contributed by atoms with Crippen LogP contribution in [0, 0.1) is 12.7 Å². The Labute approximate surface area is 109 Å². The van der Waals surface area contributed by atoms with Gasteiger partial charge in [-0.05, 0) is 36.8 Å². The first-order chi connectivity index (χ1) is 9.10. The minimum atomic E-state index is -0.502. The predicted octanol–water partition coefficient (Wildman–Crippen LogP) is 2.22. The summed E-state index contributed by atoms with van der Waals surface area (Å²) in [4.78, 5) is 11.9. The second-order valence-corrected chi connectivity index (χ2v) is 3.99. The topological polar surface area (TPSA) is 66.9 Å². The number of nitrogens with one attached hydrogen (secondary N) is 2. The summed E-state index contributed by atoms with van der Waals surface area (Å²) < 4.78 is 13.6. The summed E-state index contributed by atoms with van der Waals surface area (Å²) in [6, 6.07) is 7.71. The lowest BCUT2D eigenvalue weighted by atomic mass is 10.2. The Morgan fingerprint density at radius 1 is 1.21 bits per heavy atom. The number of halogens is 1. The summed E-state index contributed by atoms with van der Waals surface area (Å²) in [6.45, 7) is 1.77. The molecule has 0 spiro atoms. The normalized spacial score (nSPS) is 10.1. The maximum absolute atomic E-state index is 13.6. The molecule has 0 unspecified atom stereocenters. The molecule has 0 bridgehead atoms. The highest BCUT2D eigenvalue weighted by Gasteiger charge is 2.11. The molecule has 1 heterocycles. The van der Waals surface area contributed by atoms with Crippen LogP contribution in [0.2, 0.25) is 0 Å². The fourth-order valence-corrected chi connectivity index (χ4v) is 1.49. The SMILES string of the molecule is CNc1ccc(C(=O)Nc2ccc(C)cc2F)nn1. The number of hydrogen-bond acceptors (Lipinski definition) is 4. The van der Waals surface area contributed by atoms with Crippen molar-refractivity contribution in [2.24, 2.45) is 0 Å². The summed E-state index contributed by atoms with van der Waals surface area (Å²) in [5, 5.41) is 12.8. The van der Waals surface area contributed by atoms with Crippen molar-refractivity contribution in [1.29, 1.82) is 0 Å². The molecule has 0 aliphatic heterocycles. The quantitative estimate of drug-likeness (QED) is 0.888. The number of aromatic nitrogens is 2. The van der Waals surface area contributed by atoms with Crippen LogP contribution >= 0.6 is 0 Å². The largest absolute Gasteiger partial charge is 0.372 e. The summed E-state index contributed by atoms with van der Waals surface area (Å²) in [5.74, 6) is -0.427. The van der Waals surface area contributed by atoms with Crippen molar-refractivity contribution in [2.75, 3.05) is 17.7 Å². The first-order valence-corrected chi connectivity index (χ1v) is 5.69. The maximum atomic E-state index is 13.6. The third-order valence-electron chi connectivity index (χ3n) is 2.53. The lowest BCUT2D eigenvalue weighted by Crippen LogP contribution is -2.15. The van der Waals surface area contributed by atoms with Crippen molar-refractivity contribution < 1.29 is 9.18 Å². The zero-order valence-electron chi connectivity index (χ0n) is 10.6. The zero-order chi connectivity index (χ0) is 13.8. The molecule has 19 heavy (non-hydrogen) atoms. The average Bonchev–Trinajstić information content (AvgIpc) is 2.42. The molecule has 1 aromatic heterocycles. The molecule has 0 aliphatic rings. The van der Waals surface area contributed by atoms with E-state index >= 15 is 0 Å². The van der Waals surface area contributed by atoms with Gasteiger partial charge in [0, 0.05) is 7.05 Å². The third-order valence-corrected chi connectivity index (χ3v) is 2.53. The van der Waals surface area contributed by atoms with Crippen LogP contribution < -0.4 is 10.6 Å². The minimum Gasteiger partial charge on any atom is -0.372 e. The van der Waals surface area contributed by atoms with Crippen LogP contribution in [0.15, 0.2) is 30.3 Å². The number of benzene rings is 1. The lowest BCUT2D eigenvalue weighted by Gasteiger charge is -2.06. The van der Waals surface area contributed by atoms with Gasteiger partial charge in [0.15, 0.2) is 5.69 Å². The second kappa shape index (κ2) is 5.43. The number of amides is 1. The first-order valence-electron chi connectivity index (χ1n) is 5.69. The fourth-order valence-electron chi connectivity index (χ4n) is 1.49. The van der Waals surface area contributed by atoms with Crippen molar-refractivity contribution in [3.8, 4) is 0 Å². The molecule has 2 rings (SSSR count). The van der Waals surface area contributed by atoms with E-state index in [1.165, 1.54) is 18.2 Å². The van der Waals surface area contributed by atoms with Gasteiger partial charge in [-0.15, -0.1) is 10.2 Å². The van der Waals surface area contributed by atoms with Gasteiger partial charge in [0.25, 0.3) is 5.91 Å². The number of anilines is 2. The van der Waals surface area contributed by atoms with E-state index in [0.717, 1.165) is 5.56 Å². The molecular weight excluding hydrogens is 247 g/mol. The van der Waals surface area contributed by atoms with Crippen LogP contribution in [0.3, 0.4) is 0 Å². The highest BCUT2D eigenvalue weighted by Crippen LogP contribution is 2.16. The van der Waals surface area contributed by atoms with Crippen molar-refractivity contribution in [2.45, 2.75) is 6.92 Å². The van der Waals surface area contributed by atoms with Gasteiger partial charge < -0.3 is 10.6 Å². The number of nitrogens with zero attached hydrogens (tertiary/aromatic N) is 2. The molecule has 2 N–H and O–H groups in total. The molecule has 5 nitrogen and oxygen atoms in total. The Bertz CT molecular complexity index is 598. The van der Waals surface area contributed by atoms with Gasteiger partial charge in [0.1, 0.15) is 11.6 Å². The van der Waals surface area contributed by atoms with Crippen LogP contribution in [0.5, 0.6) is 0 Å². The van der Waals surface area contributed by atoms with Gasteiger partial charge in [0.2, 0.25) is 0 Å². The molecule has 0 radical (unpaired) electrons. The molecule has 2 aromatic rings. The highest BCUT2D eigenvalue weighted by atomic mass is 19.1. The van der Waals surface area contributed by atoms with Crippen molar-refractivity contribution >= 4 is 17.4 Å². The van der Waals surface area contributed by atoms with E-state index in [9.17, 15) is 9.18 Å². The van der Waals surface area contributed by atoms with E-state index in [4.69, 9.17) is 0 Å². The molecule has 1 amide bonds. The Morgan fingerprint density at radius 3 is 2.58 bits per heavy atom. The molecule has 6 heteroatoms. The van der Waals surface area contributed by atoms with Gasteiger partial charge in [0.05, 0.1) is 5.69 Å². The Hall–Kier alpha value is -2.50. The van der Waals surface area contributed by atoms with Crippen molar-refractivity contribution in [3.05, 3.63) is 47.4 Å². The fraction of sp³-hybridized carbons (Fsp3) is 0.154. The molecule has 1 aromatic carbocycles. The summed E-state index contributed by atoms with van der Waals surface area (Å²) in [7, 11) is 1.70. The Kier molecular flexibility index (Phi) is 3.70. The molecule has 0 saturated heterocycles. The number of hydrogen-bond donors (Lipinski definition) is 2. The van der Waals surface area contributed by atoms with E-state index in [0.29, 0.717) is 5.82 Å². The zero-order valence-corrected chi connectivity index (χ0v) is 10.6. The van der Waals surface area contributed by atoms with Crippen LogP contribution in [-0.4, -0.2) is 23.2 Å². The summed E-state index contributed by atoms with van der Waals surface area (Å²) >= 11 is 0. The number of rotatable bonds is 3. The van der Waals surface area contributed by atoms with Crippen molar-refractivity contribution in [1.82, 2.24) is 10.2 Å². The summed E-state index contributed by atoms with van der Waals surface area (Å²) in [5.41, 5.74) is 1.03. The standard InChI is InChI=1S/C13H13FN4O/c1-8-3-4-10(9(14)7-8)16-13(19)11-5-6-12(15-2)18-17-11/h3-7H,1-2H3,(H,15,18)(H,16,19). The van der Waals surface area contributed by atoms with Gasteiger partial charge in [-0.1, -0.05) is 6.07 Å². The van der Waals surface area contributed by atoms with E-state index < -0.39 is 11.7 Å². The van der Waals surface area contributed by atoms with E-state index in [1.807, 2.05) is 0 Å². The lowest BCUT2D eigenvalue weighted by molar-refractivity contribution is 0.102. The third kappa shape index (κ3) is 3.04.